The van der Waals surface area contributed by atoms with Gasteiger partial charge in [0.25, 0.3) is 0 Å². The Hall–Kier alpha value is -0.835. The van der Waals surface area contributed by atoms with Gasteiger partial charge < -0.3 is 9.31 Å². The van der Waals surface area contributed by atoms with Crippen molar-refractivity contribution in [2.75, 3.05) is 0 Å². The second kappa shape index (κ2) is 5.91. The molecule has 5 heteroatoms. The van der Waals surface area contributed by atoms with Crippen LogP contribution in [0, 0.1) is 0 Å². The molecule has 0 aromatic heterocycles. The highest BCUT2D eigenvalue weighted by Gasteiger charge is 2.53. The van der Waals surface area contributed by atoms with Crippen molar-refractivity contribution in [1.82, 2.24) is 0 Å². The van der Waals surface area contributed by atoms with Gasteiger partial charge in [-0.1, -0.05) is 29.8 Å². The predicted molar refractivity (Wildman–Crippen MR) is 92.5 cm³/mol. The minimum atomic E-state index is -0.935. The van der Waals surface area contributed by atoms with E-state index in [1.165, 1.54) is 0 Å². The number of benzene rings is 1. The maximum atomic E-state index is 14.7. The zero-order valence-corrected chi connectivity index (χ0v) is 14.9. The number of allylic oxidation sites excluding steroid dienone is 2. The molecule has 23 heavy (non-hydrogen) atoms. The highest BCUT2D eigenvalue weighted by Crippen LogP contribution is 2.42. The molecule has 2 atom stereocenters. The van der Waals surface area contributed by atoms with E-state index in [0.717, 1.165) is 11.0 Å². The molecular weight excluding hydrogens is 313 g/mol. The third kappa shape index (κ3) is 3.22. The lowest BCUT2D eigenvalue weighted by Gasteiger charge is -2.32. The van der Waals surface area contributed by atoms with Crippen LogP contribution in [0.25, 0.3) is 0 Å². The topological polar surface area (TPSA) is 18.5 Å². The fourth-order valence-electron chi connectivity index (χ4n) is 3.12. The van der Waals surface area contributed by atoms with Crippen LogP contribution >= 0.6 is 11.6 Å². The van der Waals surface area contributed by atoms with Gasteiger partial charge in [-0.3, -0.25) is 0 Å². The van der Waals surface area contributed by atoms with Crippen molar-refractivity contribution < 1.29 is 13.7 Å². The third-order valence-electron chi connectivity index (χ3n) is 5.36. The first kappa shape index (κ1) is 17.0. The molecule has 1 aromatic rings. The predicted octanol–water partition coefficient (Wildman–Crippen LogP) is 5.11. The first-order chi connectivity index (χ1) is 10.7. The first-order valence-electron chi connectivity index (χ1n) is 8.14. The van der Waals surface area contributed by atoms with E-state index in [2.05, 4.69) is 6.08 Å². The largest absolute Gasteiger partial charge is 0.490 e. The molecule has 0 spiro atoms. The monoisotopic (exact) mass is 336 g/mol. The summed E-state index contributed by atoms with van der Waals surface area (Å²) in [5.41, 5.74) is 1.13. The van der Waals surface area contributed by atoms with E-state index in [4.69, 9.17) is 20.9 Å². The van der Waals surface area contributed by atoms with Gasteiger partial charge in [0.05, 0.1) is 11.2 Å². The average molecular weight is 337 g/mol. The quantitative estimate of drug-likeness (QED) is 0.698. The van der Waals surface area contributed by atoms with Gasteiger partial charge in [0.1, 0.15) is 6.17 Å². The smallest absolute Gasteiger partial charge is 0.400 e. The lowest BCUT2D eigenvalue weighted by molar-refractivity contribution is 0.00578. The van der Waals surface area contributed by atoms with Crippen molar-refractivity contribution in [3.8, 4) is 0 Å². The van der Waals surface area contributed by atoms with E-state index in [1.807, 2.05) is 52.0 Å². The molecule has 3 rings (SSSR count). The van der Waals surface area contributed by atoms with Gasteiger partial charge in [-0.25, -0.2) is 4.39 Å². The first-order valence-corrected chi connectivity index (χ1v) is 8.51. The van der Waals surface area contributed by atoms with E-state index < -0.39 is 24.5 Å². The van der Waals surface area contributed by atoms with Crippen LogP contribution in [-0.2, 0) is 9.31 Å². The Kier molecular flexibility index (Phi) is 4.37. The Morgan fingerprint density at radius 2 is 1.65 bits per heavy atom. The molecule has 1 aliphatic carbocycles. The van der Waals surface area contributed by atoms with Crippen LogP contribution in [0.5, 0.6) is 0 Å². The standard InChI is InChI=1S/C18H23BClFO2/c1-17(2)18(3,4)23-19(22-17)13-7-10-15(16(21)11-13)12-5-8-14(20)9-6-12/h5-9,15-16H,10-11H2,1-4H3. The van der Waals surface area contributed by atoms with Crippen LogP contribution in [-0.4, -0.2) is 24.5 Å². The summed E-state index contributed by atoms with van der Waals surface area (Å²) in [7, 11) is -0.440. The molecule has 1 heterocycles. The van der Waals surface area contributed by atoms with E-state index in [-0.39, 0.29) is 5.92 Å². The van der Waals surface area contributed by atoms with Crippen LogP contribution in [0.1, 0.15) is 52.0 Å². The van der Waals surface area contributed by atoms with Crippen molar-refractivity contribution in [3.63, 3.8) is 0 Å². The molecule has 0 saturated carbocycles. The number of hydrogen-bond acceptors (Lipinski definition) is 2. The highest BCUT2D eigenvalue weighted by molar-refractivity contribution is 6.54. The minimum Gasteiger partial charge on any atom is -0.400 e. The maximum Gasteiger partial charge on any atom is 0.490 e. The molecule has 0 amide bonds. The molecule has 1 fully saturated rings. The molecular formula is C18H23BClFO2. The molecule has 2 unspecified atom stereocenters. The van der Waals surface area contributed by atoms with Gasteiger partial charge in [-0.2, -0.15) is 0 Å². The SMILES string of the molecule is CC1(C)OB(C2=CCC(c3ccc(Cl)cc3)C(F)C2)OC1(C)C. The second-order valence-electron chi connectivity index (χ2n) is 7.48. The summed E-state index contributed by atoms with van der Waals surface area (Å²) in [6.45, 7) is 8.05. The van der Waals surface area contributed by atoms with Crippen LogP contribution in [0.4, 0.5) is 4.39 Å². The number of halogens is 2. The lowest BCUT2D eigenvalue weighted by Crippen LogP contribution is -2.41. The Labute approximate surface area is 143 Å². The number of hydrogen-bond donors (Lipinski definition) is 0. The average Bonchev–Trinajstić information content (AvgIpc) is 2.68. The molecule has 1 saturated heterocycles. The minimum absolute atomic E-state index is 0.126. The van der Waals surface area contributed by atoms with Crippen LogP contribution in [0.2, 0.25) is 5.02 Å². The Morgan fingerprint density at radius 3 is 2.17 bits per heavy atom. The summed E-state index contributed by atoms with van der Waals surface area (Å²) in [5, 5.41) is 0.674. The van der Waals surface area contributed by atoms with Crippen molar-refractivity contribution >= 4 is 18.7 Å². The molecule has 0 N–H and O–H groups in total. The normalized spacial score (nSPS) is 29.5. The van der Waals surface area contributed by atoms with Crippen molar-refractivity contribution in [2.24, 2.45) is 0 Å². The second-order valence-corrected chi connectivity index (χ2v) is 7.92. The summed E-state index contributed by atoms with van der Waals surface area (Å²) >= 11 is 5.91. The Morgan fingerprint density at radius 1 is 1.09 bits per heavy atom. The zero-order valence-electron chi connectivity index (χ0n) is 14.1. The number of alkyl halides is 1. The fourth-order valence-corrected chi connectivity index (χ4v) is 3.24. The van der Waals surface area contributed by atoms with Crippen LogP contribution in [0.3, 0.4) is 0 Å². The third-order valence-corrected chi connectivity index (χ3v) is 5.61. The van der Waals surface area contributed by atoms with Crippen molar-refractivity contribution in [3.05, 3.63) is 46.4 Å². The van der Waals surface area contributed by atoms with Crippen molar-refractivity contribution in [1.29, 1.82) is 0 Å². The zero-order chi connectivity index (χ0) is 16.8. The fraction of sp³-hybridized carbons (Fsp3) is 0.556. The van der Waals surface area contributed by atoms with E-state index in [9.17, 15) is 4.39 Å². The molecule has 1 aromatic carbocycles. The van der Waals surface area contributed by atoms with Crippen LogP contribution < -0.4 is 0 Å². The van der Waals surface area contributed by atoms with Crippen molar-refractivity contribution in [2.45, 2.75) is 63.8 Å². The highest BCUT2D eigenvalue weighted by atomic mass is 35.5. The number of rotatable bonds is 2. The van der Waals surface area contributed by atoms with Crippen LogP contribution in [0.15, 0.2) is 35.8 Å². The Bertz CT molecular complexity index is 596. The van der Waals surface area contributed by atoms with Gasteiger partial charge in [0, 0.05) is 10.9 Å². The maximum absolute atomic E-state index is 14.7. The summed E-state index contributed by atoms with van der Waals surface area (Å²) in [6, 6.07) is 7.45. The molecule has 2 aliphatic rings. The Balaban J connectivity index is 1.75. The van der Waals surface area contributed by atoms with Gasteiger partial charge in [0.2, 0.25) is 0 Å². The summed E-state index contributed by atoms with van der Waals surface area (Å²) < 4.78 is 26.8. The summed E-state index contributed by atoms with van der Waals surface area (Å²) in [4.78, 5) is 0. The van der Waals surface area contributed by atoms with E-state index >= 15 is 0 Å². The molecule has 2 nitrogen and oxygen atoms in total. The summed E-state index contributed by atoms with van der Waals surface area (Å²) in [5.74, 6) is -0.126. The lowest BCUT2D eigenvalue weighted by atomic mass is 9.69. The van der Waals surface area contributed by atoms with Gasteiger partial charge in [-0.15, -0.1) is 0 Å². The van der Waals surface area contributed by atoms with Gasteiger partial charge >= 0.3 is 7.12 Å². The molecule has 0 bridgehead atoms. The molecule has 0 radical (unpaired) electrons. The van der Waals surface area contributed by atoms with Gasteiger partial charge in [0.15, 0.2) is 0 Å². The summed E-state index contributed by atoms with van der Waals surface area (Å²) in [6.07, 6.45) is 2.15. The van der Waals surface area contributed by atoms with E-state index in [1.54, 1.807) is 0 Å². The van der Waals surface area contributed by atoms with E-state index in [0.29, 0.717) is 17.9 Å². The molecule has 124 valence electrons. The van der Waals surface area contributed by atoms with Gasteiger partial charge in [-0.05, 0) is 63.7 Å². The molecule has 1 aliphatic heterocycles.